The van der Waals surface area contributed by atoms with Crippen molar-refractivity contribution in [2.75, 3.05) is 12.9 Å². The van der Waals surface area contributed by atoms with E-state index in [0.29, 0.717) is 15.8 Å². The summed E-state index contributed by atoms with van der Waals surface area (Å²) in [4.78, 5) is 12.0. The van der Waals surface area contributed by atoms with E-state index in [0.717, 1.165) is 10.8 Å². The van der Waals surface area contributed by atoms with Crippen LogP contribution in [0.15, 0.2) is 42.5 Å². The molecule has 0 amide bonds. The van der Waals surface area contributed by atoms with Gasteiger partial charge < -0.3 is 9.26 Å². The number of methoxy groups -OCH3 is 1. The largest absolute Gasteiger partial charge is 0.468 e. The molecule has 0 spiro atoms. The van der Waals surface area contributed by atoms with Crippen molar-refractivity contribution in [3.05, 3.63) is 42.5 Å². The standard InChI is InChI=1S/C20H25N2O4PS2/c1-13(2)17-12-29-20(28)22(17)27(24,21-14(3)19(23)25-4)26-18-11-7-9-15-8-5-6-10-16(15)18/h5-11,13-14,17H,12H2,1-4H3,(H,21,24)/t14-,17+,27?/m0/s1. The minimum absolute atomic E-state index is 0.0781. The highest BCUT2D eigenvalue weighted by atomic mass is 32.2. The molecule has 1 aliphatic heterocycles. The van der Waals surface area contributed by atoms with Crippen molar-refractivity contribution >= 4 is 52.7 Å². The SMILES string of the molecule is COC(=O)[C@H](C)NP(=O)(Oc1cccc2ccccc12)N1C(=S)SC[C@@H]1C(C)C. The van der Waals surface area contributed by atoms with Gasteiger partial charge in [0.2, 0.25) is 0 Å². The first-order valence-corrected chi connectivity index (χ1v) is 12.3. The quantitative estimate of drug-likeness (QED) is 0.364. The normalized spacial score (nSPS) is 20.0. The molecule has 2 aromatic carbocycles. The van der Waals surface area contributed by atoms with Gasteiger partial charge in [-0.1, -0.05) is 74.2 Å². The number of thiocarbonyl (C=S) groups is 1. The van der Waals surface area contributed by atoms with E-state index in [-0.39, 0.29) is 12.0 Å². The molecule has 0 aromatic heterocycles. The predicted octanol–water partition coefficient (Wildman–Crippen LogP) is 4.84. The topological polar surface area (TPSA) is 67.9 Å². The van der Waals surface area contributed by atoms with Gasteiger partial charge in [0.15, 0.2) is 0 Å². The number of carbonyl (C=O) groups excluding carboxylic acids is 1. The van der Waals surface area contributed by atoms with Crippen LogP contribution >= 0.6 is 31.7 Å². The Morgan fingerprint density at radius 3 is 2.62 bits per heavy atom. The molecule has 1 heterocycles. The number of nitrogens with zero attached hydrogens (tertiary/aromatic N) is 1. The molecule has 0 bridgehead atoms. The highest BCUT2D eigenvalue weighted by Gasteiger charge is 2.47. The Morgan fingerprint density at radius 2 is 1.93 bits per heavy atom. The minimum atomic E-state index is -3.76. The Balaban J connectivity index is 2.06. The van der Waals surface area contributed by atoms with Crippen LogP contribution in [0.25, 0.3) is 10.8 Å². The summed E-state index contributed by atoms with van der Waals surface area (Å²) in [5.41, 5.74) is 0. The number of thioether (sulfide) groups is 1. The summed E-state index contributed by atoms with van der Waals surface area (Å²) >= 11 is 7.00. The molecule has 0 saturated carbocycles. The highest BCUT2D eigenvalue weighted by molar-refractivity contribution is 8.23. The average molecular weight is 453 g/mol. The third-order valence-corrected chi connectivity index (χ3v) is 8.81. The van der Waals surface area contributed by atoms with E-state index >= 15 is 0 Å². The molecule has 1 aliphatic rings. The molecule has 9 heteroatoms. The number of hydrogen-bond donors (Lipinski definition) is 1. The van der Waals surface area contributed by atoms with Crippen LogP contribution in [0.2, 0.25) is 0 Å². The zero-order valence-electron chi connectivity index (χ0n) is 16.8. The van der Waals surface area contributed by atoms with Crippen LogP contribution in [0.4, 0.5) is 0 Å². The van der Waals surface area contributed by atoms with E-state index in [1.807, 2.05) is 36.4 Å². The van der Waals surface area contributed by atoms with Gasteiger partial charge in [-0.05, 0) is 24.3 Å². The fourth-order valence-corrected chi connectivity index (χ4v) is 7.84. The number of ether oxygens (including phenoxy) is 1. The maximum Gasteiger partial charge on any atom is 0.421 e. The lowest BCUT2D eigenvalue weighted by molar-refractivity contribution is -0.142. The third kappa shape index (κ3) is 4.61. The van der Waals surface area contributed by atoms with Gasteiger partial charge in [-0.25, -0.2) is 9.65 Å². The van der Waals surface area contributed by atoms with Crippen molar-refractivity contribution in [1.29, 1.82) is 0 Å². The molecule has 1 unspecified atom stereocenters. The van der Waals surface area contributed by atoms with Crippen LogP contribution in [0, 0.1) is 5.92 Å². The second-order valence-electron chi connectivity index (χ2n) is 7.20. The van der Waals surface area contributed by atoms with Crippen molar-refractivity contribution in [2.45, 2.75) is 32.9 Å². The molecule has 1 saturated heterocycles. The van der Waals surface area contributed by atoms with E-state index in [4.69, 9.17) is 21.5 Å². The number of fused-ring (bicyclic) bond motifs is 1. The summed E-state index contributed by atoms with van der Waals surface area (Å²) in [5, 5.41) is 4.70. The zero-order chi connectivity index (χ0) is 21.2. The molecule has 1 N–H and O–H groups in total. The van der Waals surface area contributed by atoms with Crippen LogP contribution in [0.1, 0.15) is 20.8 Å². The zero-order valence-corrected chi connectivity index (χ0v) is 19.4. The maximum absolute atomic E-state index is 14.3. The van der Waals surface area contributed by atoms with E-state index in [9.17, 15) is 9.36 Å². The van der Waals surface area contributed by atoms with Crippen molar-refractivity contribution in [3.63, 3.8) is 0 Å². The summed E-state index contributed by atoms with van der Waals surface area (Å²) in [6.07, 6.45) is 0. The second-order valence-corrected chi connectivity index (χ2v) is 10.8. The van der Waals surface area contributed by atoms with Crippen molar-refractivity contribution in [1.82, 2.24) is 9.76 Å². The molecule has 0 radical (unpaired) electrons. The number of benzene rings is 2. The molecule has 3 atom stereocenters. The van der Waals surface area contributed by atoms with E-state index in [1.54, 1.807) is 17.7 Å². The Bertz CT molecular complexity index is 963. The van der Waals surface area contributed by atoms with Gasteiger partial charge in [0, 0.05) is 11.1 Å². The van der Waals surface area contributed by atoms with Crippen LogP contribution < -0.4 is 9.61 Å². The van der Waals surface area contributed by atoms with Crippen LogP contribution in [0.3, 0.4) is 0 Å². The van der Waals surface area contributed by atoms with Crippen molar-refractivity contribution in [2.24, 2.45) is 5.92 Å². The van der Waals surface area contributed by atoms with Gasteiger partial charge in [-0.15, -0.1) is 0 Å². The Labute approximate surface area is 180 Å². The number of nitrogens with one attached hydrogen (secondary N) is 1. The molecule has 2 aromatic rings. The first-order valence-electron chi connectivity index (χ1n) is 9.36. The number of carbonyl (C=O) groups is 1. The summed E-state index contributed by atoms with van der Waals surface area (Å²) < 4.78 is 27.4. The summed E-state index contributed by atoms with van der Waals surface area (Å²) in [6.45, 7) is 5.71. The third-order valence-electron chi connectivity index (χ3n) is 4.82. The number of hydrogen-bond acceptors (Lipinski definition) is 6. The molecule has 1 fully saturated rings. The molecule has 29 heavy (non-hydrogen) atoms. The molecule has 0 aliphatic carbocycles. The lowest BCUT2D eigenvalue weighted by Gasteiger charge is -2.36. The van der Waals surface area contributed by atoms with Gasteiger partial charge in [0.1, 0.15) is 16.1 Å². The van der Waals surface area contributed by atoms with Crippen LogP contribution in [-0.2, 0) is 14.1 Å². The fourth-order valence-electron chi connectivity index (χ4n) is 3.22. The predicted molar refractivity (Wildman–Crippen MR) is 122 cm³/mol. The van der Waals surface area contributed by atoms with Crippen molar-refractivity contribution < 1.29 is 18.6 Å². The Kier molecular flexibility index (Phi) is 6.89. The Morgan fingerprint density at radius 1 is 1.24 bits per heavy atom. The van der Waals surface area contributed by atoms with E-state index in [2.05, 4.69) is 18.9 Å². The van der Waals surface area contributed by atoms with E-state index in [1.165, 1.54) is 18.9 Å². The summed E-state index contributed by atoms with van der Waals surface area (Å²) in [5.74, 6) is 0.861. The lowest BCUT2D eigenvalue weighted by atomic mass is 10.1. The highest BCUT2D eigenvalue weighted by Crippen LogP contribution is 2.55. The van der Waals surface area contributed by atoms with E-state index < -0.39 is 19.7 Å². The van der Waals surface area contributed by atoms with Gasteiger partial charge in [-0.3, -0.25) is 9.46 Å². The second kappa shape index (κ2) is 9.04. The summed E-state index contributed by atoms with van der Waals surface area (Å²) in [6, 6.07) is 12.4. The van der Waals surface area contributed by atoms with Crippen LogP contribution in [0.5, 0.6) is 5.75 Å². The Hall–Kier alpha value is -1.60. The molecule has 6 nitrogen and oxygen atoms in total. The minimum Gasteiger partial charge on any atom is -0.468 e. The number of rotatable bonds is 7. The first-order chi connectivity index (χ1) is 13.8. The van der Waals surface area contributed by atoms with Gasteiger partial charge in [0.25, 0.3) is 0 Å². The lowest BCUT2D eigenvalue weighted by Crippen LogP contribution is -2.44. The van der Waals surface area contributed by atoms with Gasteiger partial charge >= 0.3 is 13.6 Å². The first kappa shape index (κ1) is 22.1. The fraction of sp³-hybridized carbons (Fsp3) is 0.400. The summed E-state index contributed by atoms with van der Waals surface area (Å²) in [7, 11) is -2.47. The molecular formula is C20H25N2O4PS2. The van der Waals surface area contributed by atoms with Crippen molar-refractivity contribution in [3.8, 4) is 5.75 Å². The molecule has 156 valence electrons. The van der Waals surface area contributed by atoms with Gasteiger partial charge in [-0.2, -0.15) is 0 Å². The number of esters is 1. The molecular weight excluding hydrogens is 427 g/mol. The average Bonchev–Trinajstić information content (AvgIpc) is 3.10. The molecule has 3 rings (SSSR count). The monoisotopic (exact) mass is 452 g/mol. The van der Waals surface area contributed by atoms with Gasteiger partial charge in [0.05, 0.1) is 13.2 Å². The smallest absolute Gasteiger partial charge is 0.421 e. The maximum atomic E-state index is 14.3. The van der Waals surface area contributed by atoms with Crippen LogP contribution in [-0.4, -0.2) is 39.9 Å².